The van der Waals surface area contributed by atoms with Crippen LogP contribution in [0.15, 0.2) is 0 Å². The first-order chi connectivity index (χ1) is 10.1. The number of methoxy groups -OCH3 is 3. The van der Waals surface area contributed by atoms with Crippen LogP contribution in [-0.4, -0.2) is 75.5 Å². The fourth-order valence-electron chi connectivity index (χ4n) is 2.72. The van der Waals surface area contributed by atoms with Crippen LogP contribution in [0.1, 0.15) is 13.3 Å². The average Bonchev–Trinajstić information content (AvgIpc) is 2.97. The van der Waals surface area contributed by atoms with Gasteiger partial charge >= 0.3 is 6.09 Å². The van der Waals surface area contributed by atoms with Crippen LogP contribution in [0.4, 0.5) is 4.79 Å². The zero-order chi connectivity index (χ0) is 15.6. The number of nitrogens with zero attached hydrogens (tertiary/aromatic N) is 1. The van der Waals surface area contributed by atoms with Crippen molar-refractivity contribution in [1.29, 1.82) is 0 Å². The predicted octanol–water partition coefficient (Wildman–Crippen LogP) is 0.145. The van der Waals surface area contributed by atoms with E-state index in [0.717, 1.165) is 4.90 Å². The average molecular weight is 303 g/mol. The first kappa shape index (κ1) is 16.2. The summed E-state index contributed by atoms with van der Waals surface area (Å²) in [6.07, 6.45) is -3.34. The van der Waals surface area contributed by atoms with E-state index in [1.165, 1.54) is 14.2 Å². The molecule has 2 saturated heterocycles. The summed E-state index contributed by atoms with van der Waals surface area (Å²) in [5, 5.41) is 0. The molecule has 0 bridgehead atoms. The van der Waals surface area contributed by atoms with Crippen LogP contribution in [0.25, 0.3) is 0 Å². The molecule has 2 amide bonds. The van der Waals surface area contributed by atoms with Crippen LogP contribution in [0, 0.1) is 0 Å². The standard InChI is InChI=1S/C13H21NO7/c1-5-8(15)14-12-11(21-13(14)16)10(19-4)9(20-12)7(18-3)6-17-2/h7,9-12H,5-6H2,1-4H3/t7-,9-,10+,11-,12+/m1/s1. The molecule has 2 aliphatic rings. The van der Waals surface area contributed by atoms with Crippen molar-refractivity contribution >= 4 is 12.0 Å². The highest BCUT2D eigenvalue weighted by Gasteiger charge is 2.59. The fraction of sp³-hybridized carbons (Fsp3) is 0.846. The molecule has 0 radical (unpaired) electrons. The number of amides is 2. The number of fused-ring (bicyclic) bond motifs is 1. The molecule has 8 nitrogen and oxygen atoms in total. The number of hydrogen-bond acceptors (Lipinski definition) is 7. The highest BCUT2D eigenvalue weighted by molar-refractivity contribution is 5.93. The fourth-order valence-corrected chi connectivity index (χ4v) is 2.72. The lowest BCUT2D eigenvalue weighted by molar-refractivity contribution is -0.147. The molecule has 0 N–H and O–H groups in total. The van der Waals surface area contributed by atoms with Gasteiger partial charge in [0.1, 0.15) is 18.3 Å². The second kappa shape index (κ2) is 6.69. The third-order valence-corrected chi connectivity index (χ3v) is 3.76. The molecule has 0 spiro atoms. The summed E-state index contributed by atoms with van der Waals surface area (Å²) in [6.45, 7) is 1.97. The van der Waals surface area contributed by atoms with Gasteiger partial charge in [-0.05, 0) is 0 Å². The van der Waals surface area contributed by atoms with Crippen LogP contribution in [-0.2, 0) is 28.5 Å². The summed E-state index contributed by atoms with van der Waals surface area (Å²) in [5.74, 6) is -0.344. The lowest BCUT2D eigenvalue weighted by Gasteiger charge is -2.27. The van der Waals surface area contributed by atoms with Gasteiger partial charge in [0.15, 0.2) is 12.3 Å². The van der Waals surface area contributed by atoms with Crippen molar-refractivity contribution in [3.05, 3.63) is 0 Å². The number of imide groups is 1. The van der Waals surface area contributed by atoms with Gasteiger partial charge < -0.3 is 23.7 Å². The van der Waals surface area contributed by atoms with Crippen LogP contribution in [0.5, 0.6) is 0 Å². The minimum absolute atomic E-state index is 0.190. The van der Waals surface area contributed by atoms with Gasteiger partial charge in [-0.25, -0.2) is 9.69 Å². The Labute approximate surface area is 123 Å². The van der Waals surface area contributed by atoms with Crippen molar-refractivity contribution < 1.29 is 33.3 Å². The number of hydrogen-bond donors (Lipinski definition) is 0. The maximum atomic E-state index is 11.9. The minimum Gasteiger partial charge on any atom is -0.438 e. The summed E-state index contributed by atoms with van der Waals surface area (Å²) in [4.78, 5) is 24.7. The lowest BCUT2D eigenvalue weighted by atomic mass is 10.1. The Balaban J connectivity index is 2.20. The second-order valence-corrected chi connectivity index (χ2v) is 4.89. The van der Waals surface area contributed by atoms with Crippen molar-refractivity contribution in [2.24, 2.45) is 0 Å². The molecule has 2 heterocycles. The first-order valence-electron chi connectivity index (χ1n) is 6.81. The maximum Gasteiger partial charge on any atom is 0.419 e. The summed E-state index contributed by atoms with van der Waals surface area (Å²) >= 11 is 0. The first-order valence-corrected chi connectivity index (χ1v) is 6.81. The van der Waals surface area contributed by atoms with Crippen LogP contribution in [0.3, 0.4) is 0 Å². The van der Waals surface area contributed by atoms with E-state index in [4.69, 9.17) is 23.7 Å². The molecule has 0 aromatic carbocycles. The Morgan fingerprint density at radius 1 is 1.38 bits per heavy atom. The Bertz CT molecular complexity index is 402. The van der Waals surface area contributed by atoms with Crippen LogP contribution in [0.2, 0.25) is 0 Å². The van der Waals surface area contributed by atoms with Crippen molar-refractivity contribution in [3.63, 3.8) is 0 Å². The van der Waals surface area contributed by atoms with Crippen molar-refractivity contribution in [3.8, 4) is 0 Å². The Kier molecular flexibility index (Phi) is 5.15. The maximum absolute atomic E-state index is 11.9. The summed E-state index contributed by atoms with van der Waals surface area (Å²) in [6, 6.07) is 0. The molecule has 2 fully saturated rings. The van der Waals surface area contributed by atoms with E-state index in [1.54, 1.807) is 14.0 Å². The highest BCUT2D eigenvalue weighted by atomic mass is 16.7. The molecule has 0 aromatic rings. The number of ether oxygens (including phenoxy) is 5. The minimum atomic E-state index is -0.783. The molecule has 0 saturated carbocycles. The van der Waals surface area contributed by atoms with Crippen LogP contribution < -0.4 is 0 Å². The summed E-state index contributed by atoms with van der Waals surface area (Å²) < 4.78 is 26.9. The van der Waals surface area contributed by atoms with E-state index < -0.39 is 30.6 Å². The Morgan fingerprint density at radius 3 is 2.62 bits per heavy atom. The SMILES string of the molecule is CCC(=O)N1C(=O)O[C@@H]2[C@@H](OC)[C@@H]([C@@H](COC)OC)O[C@@H]21. The zero-order valence-electron chi connectivity index (χ0n) is 12.6. The van der Waals surface area contributed by atoms with Gasteiger partial charge in [-0.15, -0.1) is 0 Å². The summed E-state index contributed by atoms with van der Waals surface area (Å²) in [5.41, 5.74) is 0. The van der Waals surface area contributed by atoms with E-state index in [-0.39, 0.29) is 18.4 Å². The normalized spacial score (nSPS) is 33.0. The Hall–Kier alpha value is -1.22. The van der Waals surface area contributed by atoms with E-state index >= 15 is 0 Å². The van der Waals surface area contributed by atoms with Gasteiger partial charge in [-0.3, -0.25) is 4.79 Å². The van der Waals surface area contributed by atoms with E-state index in [0.29, 0.717) is 6.61 Å². The zero-order valence-corrected chi connectivity index (χ0v) is 12.6. The highest BCUT2D eigenvalue weighted by Crippen LogP contribution is 2.36. The smallest absolute Gasteiger partial charge is 0.419 e. The molecule has 0 unspecified atom stereocenters. The topological polar surface area (TPSA) is 83.5 Å². The second-order valence-electron chi connectivity index (χ2n) is 4.89. The third-order valence-electron chi connectivity index (χ3n) is 3.76. The largest absolute Gasteiger partial charge is 0.438 e. The molecular formula is C13H21NO7. The molecule has 2 aliphatic heterocycles. The molecule has 0 aliphatic carbocycles. The molecule has 120 valence electrons. The molecule has 21 heavy (non-hydrogen) atoms. The molecule has 0 aromatic heterocycles. The van der Waals surface area contributed by atoms with Gasteiger partial charge in [0, 0.05) is 27.8 Å². The van der Waals surface area contributed by atoms with Crippen molar-refractivity contribution in [2.45, 2.75) is 44.0 Å². The van der Waals surface area contributed by atoms with Crippen LogP contribution >= 0.6 is 0 Å². The molecule has 5 atom stereocenters. The van der Waals surface area contributed by atoms with Gasteiger partial charge in [0.05, 0.1) is 6.61 Å². The third kappa shape index (κ3) is 2.76. The lowest BCUT2D eigenvalue weighted by Crippen LogP contribution is -2.44. The number of rotatable bonds is 6. The number of carbonyl (C=O) groups is 2. The Morgan fingerprint density at radius 2 is 2.10 bits per heavy atom. The molecule has 8 heteroatoms. The van der Waals surface area contributed by atoms with E-state index in [1.807, 2.05) is 0 Å². The molecule has 2 rings (SSSR count). The monoisotopic (exact) mass is 303 g/mol. The summed E-state index contributed by atoms with van der Waals surface area (Å²) in [7, 11) is 4.59. The van der Waals surface area contributed by atoms with Gasteiger partial charge in [-0.2, -0.15) is 0 Å². The van der Waals surface area contributed by atoms with Crippen molar-refractivity contribution in [1.82, 2.24) is 4.90 Å². The van der Waals surface area contributed by atoms with Gasteiger partial charge in [0.25, 0.3) is 0 Å². The number of carbonyl (C=O) groups excluding carboxylic acids is 2. The quantitative estimate of drug-likeness (QED) is 0.690. The van der Waals surface area contributed by atoms with E-state index in [2.05, 4.69) is 0 Å². The van der Waals surface area contributed by atoms with Gasteiger partial charge in [0.2, 0.25) is 5.91 Å². The molecular weight excluding hydrogens is 282 g/mol. The van der Waals surface area contributed by atoms with Gasteiger partial charge in [-0.1, -0.05) is 6.92 Å². The van der Waals surface area contributed by atoms with E-state index in [9.17, 15) is 9.59 Å². The van der Waals surface area contributed by atoms with Crippen molar-refractivity contribution in [2.75, 3.05) is 27.9 Å². The predicted molar refractivity (Wildman–Crippen MR) is 69.5 cm³/mol.